The Bertz CT molecular complexity index is 519. The van der Waals surface area contributed by atoms with E-state index >= 15 is 0 Å². The largest absolute Gasteiger partial charge is 0.457 e. The summed E-state index contributed by atoms with van der Waals surface area (Å²) in [6.45, 7) is 4.22. The molecule has 0 aromatic heterocycles. The van der Waals surface area contributed by atoms with E-state index in [1.54, 1.807) is 0 Å². The van der Waals surface area contributed by atoms with Crippen LogP contribution >= 0.6 is 0 Å². The Balaban J connectivity index is 2.15. The van der Waals surface area contributed by atoms with Gasteiger partial charge < -0.3 is 10.5 Å². The van der Waals surface area contributed by atoms with Crippen LogP contribution in [0.2, 0.25) is 0 Å². The van der Waals surface area contributed by atoms with Crippen LogP contribution in [0.3, 0.4) is 0 Å². The monoisotopic (exact) mass is 255 g/mol. The van der Waals surface area contributed by atoms with Gasteiger partial charge in [-0.1, -0.05) is 44.2 Å². The topological polar surface area (TPSA) is 35.2 Å². The summed E-state index contributed by atoms with van der Waals surface area (Å²) in [7, 11) is 0. The van der Waals surface area contributed by atoms with Crippen LogP contribution < -0.4 is 10.5 Å². The minimum absolute atomic E-state index is 0.108. The zero-order valence-electron chi connectivity index (χ0n) is 11.6. The molecule has 100 valence electrons. The molecule has 0 aliphatic carbocycles. The molecular formula is C17H21NO. The Morgan fingerprint density at radius 2 is 1.68 bits per heavy atom. The van der Waals surface area contributed by atoms with E-state index in [1.165, 1.54) is 5.56 Å². The van der Waals surface area contributed by atoms with Gasteiger partial charge in [0.05, 0.1) is 0 Å². The van der Waals surface area contributed by atoms with Crippen molar-refractivity contribution in [3.63, 3.8) is 0 Å². The molecule has 2 heteroatoms. The first-order valence-corrected chi connectivity index (χ1v) is 6.85. The van der Waals surface area contributed by atoms with E-state index in [1.807, 2.05) is 42.5 Å². The number of benzene rings is 2. The van der Waals surface area contributed by atoms with Crippen molar-refractivity contribution in [1.29, 1.82) is 0 Å². The van der Waals surface area contributed by atoms with Gasteiger partial charge in [-0.2, -0.15) is 0 Å². The fourth-order valence-corrected chi connectivity index (χ4v) is 2.04. The van der Waals surface area contributed by atoms with Crippen molar-refractivity contribution >= 4 is 0 Å². The lowest BCUT2D eigenvalue weighted by Crippen LogP contribution is -2.08. The number of nitrogens with two attached hydrogens (primary N) is 1. The van der Waals surface area contributed by atoms with Crippen LogP contribution in [-0.4, -0.2) is 0 Å². The van der Waals surface area contributed by atoms with E-state index in [2.05, 4.69) is 19.9 Å². The molecule has 2 nitrogen and oxygen atoms in total. The highest BCUT2D eigenvalue weighted by Crippen LogP contribution is 2.26. The Morgan fingerprint density at radius 3 is 2.32 bits per heavy atom. The molecule has 2 rings (SSSR count). The van der Waals surface area contributed by atoms with E-state index < -0.39 is 0 Å². The molecule has 19 heavy (non-hydrogen) atoms. The SMILES string of the molecule is CCc1ccccc1Oc1ccc([C@@H](N)CC)cc1. The van der Waals surface area contributed by atoms with Crippen LogP contribution in [-0.2, 0) is 6.42 Å². The summed E-state index contributed by atoms with van der Waals surface area (Å²) in [5.41, 5.74) is 8.37. The van der Waals surface area contributed by atoms with E-state index in [-0.39, 0.29) is 6.04 Å². The van der Waals surface area contributed by atoms with Crippen LogP contribution in [0.1, 0.15) is 37.4 Å². The number of hydrogen-bond acceptors (Lipinski definition) is 2. The Kier molecular flexibility index (Phi) is 4.58. The predicted molar refractivity (Wildman–Crippen MR) is 79.6 cm³/mol. The summed E-state index contributed by atoms with van der Waals surface area (Å²) in [5, 5.41) is 0. The number of ether oxygens (including phenoxy) is 1. The third-order valence-electron chi connectivity index (χ3n) is 3.33. The van der Waals surface area contributed by atoms with Crippen LogP contribution in [0.15, 0.2) is 48.5 Å². The lowest BCUT2D eigenvalue weighted by Gasteiger charge is -2.12. The highest BCUT2D eigenvalue weighted by molar-refractivity contribution is 5.38. The van der Waals surface area contributed by atoms with Gasteiger partial charge in [0.15, 0.2) is 0 Å². The van der Waals surface area contributed by atoms with Gasteiger partial charge in [-0.05, 0) is 42.2 Å². The quantitative estimate of drug-likeness (QED) is 0.856. The Hall–Kier alpha value is -1.80. The average molecular weight is 255 g/mol. The van der Waals surface area contributed by atoms with Crippen LogP contribution in [0, 0.1) is 0 Å². The molecule has 0 spiro atoms. The van der Waals surface area contributed by atoms with Crippen molar-refractivity contribution in [1.82, 2.24) is 0 Å². The van der Waals surface area contributed by atoms with Crippen molar-refractivity contribution in [2.75, 3.05) is 0 Å². The van der Waals surface area contributed by atoms with Gasteiger partial charge in [-0.3, -0.25) is 0 Å². The van der Waals surface area contributed by atoms with Crippen molar-refractivity contribution in [2.24, 2.45) is 5.73 Å². The first-order valence-electron chi connectivity index (χ1n) is 6.85. The van der Waals surface area contributed by atoms with Gasteiger partial charge in [0.25, 0.3) is 0 Å². The lowest BCUT2D eigenvalue weighted by molar-refractivity contribution is 0.476. The second-order valence-corrected chi connectivity index (χ2v) is 4.65. The van der Waals surface area contributed by atoms with Crippen LogP contribution in [0.5, 0.6) is 11.5 Å². The van der Waals surface area contributed by atoms with E-state index in [9.17, 15) is 0 Å². The van der Waals surface area contributed by atoms with Crippen molar-refractivity contribution in [2.45, 2.75) is 32.7 Å². The summed E-state index contributed by atoms with van der Waals surface area (Å²) < 4.78 is 5.93. The van der Waals surface area contributed by atoms with Crippen LogP contribution in [0.4, 0.5) is 0 Å². The van der Waals surface area contributed by atoms with E-state index in [0.717, 1.165) is 29.9 Å². The molecule has 0 aliphatic heterocycles. The fraction of sp³-hybridized carbons (Fsp3) is 0.294. The zero-order valence-corrected chi connectivity index (χ0v) is 11.6. The number of hydrogen-bond donors (Lipinski definition) is 1. The third kappa shape index (κ3) is 3.36. The van der Waals surface area contributed by atoms with Crippen LogP contribution in [0.25, 0.3) is 0 Å². The molecule has 0 saturated heterocycles. The highest BCUT2D eigenvalue weighted by Gasteiger charge is 2.05. The standard InChI is InChI=1S/C17H21NO/c1-3-13-7-5-6-8-17(13)19-15-11-9-14(10-12-15)16(18)4-2/h5-12,16H,3-4,18H2,1-2H3/t16-/m0/s1. The molecule has 0 aliphatic rings. The molecule has 2 aromatic carbocycles. The number of para-hydroxylation sites is 1. The average Bonchev–Trinajstić information content (AvgIpc) is 2.48. The first-order chi connectivity index (χ1) is 9.24. The van der Waals surface area contributed by atoms with Gasteiger partial charge in [-0.25, -0.2) is 0 Å². The second-order valence-electron chi connectivity index (χ2n) is 4.65. The molecular weight excluding hydrogens is 234 g/mol. The Morgan fingerprint density at radius 1 is 1.00 bits per heavy atom. The van der Waals surface area contributed by atoms with Gasteiger partial charge in [0, 0.05) is 6.04 Å². The molecule has 0 saturated carbocycles. The molecule has 0 bridgehead atoms. The van der Waals surface area contributed by atoms with E-state index in [4.69, 9.17) is 10.5 Å². The maximum atomic E-state index is 6.00. The smallest absolute Gasteiger partial charge is 0.130 e. The summed E-state index contributed by atoms with van der Waals surface area (Å²) in [6.07, 6.45) is 1.91. The lowest BCUT2D eigenvalue weighted by atomic mass is 10.1. The van der Waals surface area contributed by atoms with Crippen molar-refractivity contribution < 1.29 is 4.74 Å². The Labute approximate surface area is 115 Å². The molecule has 0 heterocycles. The highest BCUT2D eigenvalue weighted by atomic mass is 16.5. The molecule has 0 amide bonds. The minimum Gasteiger partial charge on any atom is -0.457 e. The van der Waals surface area contributed by atoms with E-state index in [0.29, 0.717) is 0 Å². The molecule has 0 unspecified atom stereocenters. The molecule has 0 fully saturated rings. The van der Waals surface area contributed by atoms with Gasteiger partial charge >= 0.3 is 0 Å². The summed E-state index contributed by atoms with van der Waals surface area (Å²) in [4.78, 5) is 0. The summed E-state index contributed by atoms with van der Waals surface area (Å²) >= 11 is 0. The minimum atomic E-state index is 0.108. The third-order valence-corrected chi connectivity index (χ3v) is 3.33. The predicted octanol–water partition coefficient (Wildman–Crippen LogP) is 4.45. The molecule has 2 N–H and O–H groups in total. The fourth-order valence-electron chi connectivity index (χ4n) is 2.04. The number of aryl methyl sites for hydroxylation is 1. The number of rotatable bonds is 5. The second kappa shape index (κ2) is 6.39. The zero-order chi connectivity index (χ0) is 13.7. The van der Waals surface area contributed by atoms with Gasteiger partial charge in [0.2, 0.25) is 0 Å². The molecule has 0 radical (unpaired) electrons. The molecule has 1 atom stereocenters. The summed E-state index contributed by atoms with van der Waals surface area (Å²) in [5.74, 6) is 1.78. The van der Waals surface area contributed by atoms with Gasteiger partial charge in [-0.15, -0.1) is 0 Å². The normalized spacial score (nSPS) is 12.2. The molecule has 2 aromatic rings. The maximum Gasteiger partial charge on any atom is 0.130 e. The first kappa shape index (κ1) is 13.6. The van der Waals surface area contributed by atoms with Gasteiger partial charge in [0.1, 0.15) is 11.5 Å². The van der Waals surface area contributed by atoms with Crippen molar-refractivity contribution in [3.8, 4) is 11.5 Å². The van der Waals surface area contributed by atoms with Crippen molar-refractivity contribution in [3.05, 3.63) is 59.7 Å². The maximum absolute atomic E-state index is 6.00. The summed E-state index contributed by atoms with van der Waals surface area (Å²) in [6, 6.07) is 16.3.